The van der Waals surface area contributed by atoms with Gasteiger partial charge in [-0.2, -0.15) is 0 Å². The van der Waals surface area contributed by atoms with Gasteiger partial charge in [-0.25, -0.2) is 0 Å². The van der Waals surface area contributed by atoms with Crippen molar-refractivity contribution in [1.29, 1.82) is 0 Å². The molecule has 0 bridgehead atoms. The Morgan fingerprint density at radius 1 is 1.08 bits per heavy atom. The highest BCUT2D eigenvalue weighted by molar-refractivity contribution is 4.84. The summed E-state index contributed by atoms with van der Waals surface area (Å²) in [6, 6.07) is 0. The lowest BCUT2D eigenvalue weighted by atomic mass is 9.89. The van der Waals surface area contributed by atoms with Gasteiger partial charge in [0, 0.05) is 6.54 Å². The zero-order chi connectivity index (χ0) is 8.39. The summed E-state index contributed by atoms with van der Waals surface area (Å²) in [4.78, 5) is 0. The fourth-order valence-corrected chi connectivity index (χ4v) is 2.65. The zero-order valence-corrected chi connectivity index (χ0v) is 7.63. The SMILES string of the molecule is OC(C1CCCC1)[C@@H]1CCNC1. The summed E-state index contributed by atoms with van der Waals surface area (Å²) in [5.74, 6) is 1.17. The van der Waals surface area contributed by atoms with Crippen LogP contribution < -0.4 is 5.32 Å². The van der Waals surface area contributed by atoms with Crippen LogP contribution >= 0.6 is 0 Å². The first-order valence-corrected chi connectivity index (χ1v) is 5.26. The van der Waals surface area contributed by atoms with Gasteiger partial charge in [-0.05, 0) is 37.6 Å². The van der Waals surface area contributed by atoms with Crippen LogP contribution in [0.1, 0.15) is 32.1 Å². The minimum atomic E-state index is -0.0116. The molecule has 1 heterocycles. The van der Waals surface area contributed by atoms with Crippen LogP contribution in [0.25, 0.3) is 0 Å². The quantitative estimate of drug-likeness (QED) is 0.650. The second-order valence-corrected chi connectivity index (χ2v) is 4.29. The van der Waals surface area contributed by atoms with E-state index in [1.807, 2.05) is 0 Å². The zero-order valence-electron chi connectivity index (χ0n) is 7.63. The van der Waals surface area contributed by atoms with Crippen molar-refractivity contribution in [3.63, 3.8) is 0 Å². The van der Waals surface area contributed by atoms with Gasteiger partial charge in [-0.3, -0.25) is 0 Å². The predicted molar refractivity (Wildman–Crippen MR) is 48.9 cm³/mol. The van der Waals surface area contributed by atoms with Crippen molar-refractivity contribution in [1.82, 2.24) is 5.32 Å². The molecule has 2 heteroatoms. The second kappa shape index (κ2) is 3.75. The summed E-state index contributed by atoms with van der Waals surface area (Å²) in [6.07, 6.45) is 6.36. The average molecular weight is 169 g/mol. The van der Waals surface area contributed by atoms with Crippen molar-refractivity contribution in [2.45, 2.75) is 38.2 Å². The third-order valence-corrected chi connectivity index (χ3v) is 3.46. The molecule has 2 fully saturated rings. The largest absolute Gasteiger partial charge is 0.393 e. The van der Waals surface area contributed by atoms with Gasteiger partial charge in [0.1, 0.15) is 0 Å². The minimum absolute atomic E-state index is 0.0116. The van der Waals surface area contributed by atoms with Crippen LogP contribution in [0, 0.1) is 11.8 Å². The lowest BCUT2D eigenvalue weighted by Crippen LogP contribution is -2.29. The molecule has 70 valence electrons. The standard InChI is InChI=1S/C10H19NO/c12-10(8-3-1-2-4-8)9-5-6-11-7-9/h8-12H,1-7H2/t9-,10?/m1/s1. The molecular weight excluding hydrogens is 150 g/mol. The molecule has 0 aromatic carbocycles. The number of hydrogen-bond donors (Lipinski definition) is 2. The minimum Gasteiger partial charge on any atom is -0.393 e. The van der Waals surface area contributed by atoms with E-state index in [2.05, 4.69) is 5.32 Å². The van der Waals surface area contributed by atoms with Crippen LogP contribution in [0.15, 0.2) is 0 Å². The highest BCUT2D eigenvalue weighted by atomic mass is 16.3. The van der Waals surface area contributed by atoms with Gasteiger partial charge in [0.05, 0.1) is 6.10 Å². The number of aliphatic hydroxyl groups is 1. The molecule has 0 spiro atoms. The van der Waals surface area contributed by atoms with E-state index in [0.717, 1.165) is 13.1 Å². The van der Waals surface area contributed by atoms with E-state index in [9.17, 15) is 5.11 Å². The lowest BCUT2D eigenvalue weighted by Gasteiger charge is -2.22. The molecular formula is C10H19NO. The van der Waals surface area contributed by atoms with Crippen LogP contribution in [0.4, 0.5) is 0 Å². The van der Waals surface area contributed by atoms with E-state index in [0.29, 0.717) is 11.8 Å². The highest BCUT2D eigenvalue weighted by Gasteiger charge is 2.31. The van der Waals surface area contributed by atoms with Crippen LogP contribution in [0.2, 0.25) is 0 Å². The monoisotopic (exact) mass is 169 g/mol. The molecule has 0 amide bonds. The Kier molecular flexibility index (Phi) is 2.66. The third-order valence-electron chi connectivity index (χ3n) is 3.46. The van der Waals surface area contributed by atoms with Gasteiger partial charge in [0.25, 0.3) is 0 Å². The Morgan fingerprint density at radius 3 is 2.42 bits per heavy atom. The van der Waals surface area contributed by atoms with Gasteiger partial charge >= 0.3 is 0 Å². The number of rotatable bonds is 2. The maximum atomic E-state index is 10.0. The first-order chi connectivity index (χ1) is 5.88. The molecule has 0 aromatic heterocycles. The van der Waals surface area contributed by atoms with Crippen molar-refractivity contribution in [3.8, 4) is 0 Å². The first kappa shape index (κ1) is 8.52. The van der Waals surface area contributed by atoms with Crippen molar-refractivity contribution < 1.29 is 5.11 Å². The third kappa shape index (κ3) is 1.64. The summed E-state index contributed by atoms with van der Waals surface area (Å²) >= 11 is 0. The highest BCUT2D eigenvalue weighted by Crippen LogP contribution is 2.32. The van der Waals surface area contributed by atoms with Gasteiger partial charge in [0.15, 0.2) is 0 Å². The molecule has 1 saturated heterocycles. The van der Waals surface area contributed by atoms with E-state index in [-0.39, 0.29) is 6.10 Å². The summed E-state index contributed by atoms with van der Waals surface area (Å²) in [7, 11) is 0. The fraction of sp³-hybridized carbons (Fsp3) is 1.00. The van der Waals surface area contributed by atoms with Crippen molar-refractivity contribution in [2.75, 3.05) is 13.1 Å². The van der Waals surface area contributed by atoms with Gasteiger partial charge in [0.2, 0.25) is 0 Å². The Bertz CT molecular complexity index is 121. The summed E-state index contributed by atoms with van der Waals surface area (Å²) in [5.41, 5.74) is 0. The number of nitrogens with one attached hydrogen (secondary N) is 1. The van der Waals surface area contributed by atoms with Crippen molar-refractivity contribution >= 4 is 0 Å². The molecule has 2 nitrogen and oxygen atoms in total. The molecule has 2 N–H and O–H groups in total. The molecule has 2 aliphatic rings. The van der Waals surface area contributed by atoms with Crippen LogP contribution in [-0.4, -0.2) is 24.3 Å². The number of hydrogen-bond acceptors (Lipinski definition) is 2. The molecule has 1 saturated carbocycles. The van der Waals surface area contributed by atoms with E-state index >= 15 is 0 Å². The summed E-state index contributed by atoms with van der Waals surface area (Å²) in [6.45, 7) is 2.14. The molecule has 12 heavy (non-hydrogen) atoms. The average Bonchev–Trinajstić information content (AvgIpc) is 2.77. The topological polar surface area (TPSA) is 32.3 Å². The summed E-state index contributed by atoms with van der Waals surface area (Å²) < 4.78 is 0. The Morgan fingerprint density at radius 2 is 1.83 bits per heavy atom. The molecule has 2 rings (SSSR count). The maximum absolute atomic E-state index is 10.0. The van der Waals surface area contributed by atoms with Crippen LogP contribution in [0.5, 0.6) is 0 Å². The normalized spacial score (nSPS) is 34.2. The Hall–Kier alpha value is -0.0800. The van der Waals surface area contributed by atoms with Crippen LogP contribution in [-0.2, 0) is 0 Å². The van der Waals surface area contributed by atoms with Gasteiger partial charge < -0.3 is 10.4 Å². The molecule has 1 aliphatic heterocycles. The van der Waals surface area contributed by atoms with E-state index in [4.69, 9.17) is 0 Å². The molecule has 0 aromatic rings. The molecule has 1 unspecified atom stereocenters. The van der Waals surface area contributed by atoms with E-state index in [1.165, 1.54) is 32.1 Å². The van der Waals surface area contributed by atoms with Gasteiger partial charge in [-0.1, -0.05) is 12.8 Å². The van der Waals surface area contributed by atoms with E-state index < -0.39 is 0 Å². The van der Waals surface area contributed by atoms with Crippen LogP contribution in [0.3, 0.4) is 0 Å². The lowest BCUT2D eigenvalue weighted by molar-refractivity contribution is 0.0605. The fourth-order valence-electron chi connectivity index (χ4n) is 2.65. The smallest absolute Gasteiger partial charge is 0.0609 e. The Labute approximate surface area is 74.4 Å². The van der Waals surface area contributed by atoms with E-state index in [1.54, 1.807) is 0 Å². The van der Waals surface area contributed by atoms with Crippen molar-refractivity contribution in [3.05, 3.63) is 0 Å². The summed E-state index contributed by atoms with van der Waals surface area (Å²) in [5, 5.41) is 13.3. The second-order valence-electron chi connectivity index (χ2n) is 4.29. The Balaban J connectivity index is 1.84. The number of aliphatic hydroxyl groups excluding tert-OH is 1. The molecule has 1 aliphatic carbocycles. The molecule has 0 radical (unpaired) electrons. The maximum Gasteiger partial charge on any atom is 0.0609 e. The molecule has 2 atom stereocenters. The first-order valence-electron chi connectivity index (χ1n) is 5.26. The predicted octanol–water partition coefficient (Wildman–Crippen LogP) is 1.15. The van der Waals surface area contributed by atoms with Gasteiger partial charge in [-0.15, -0.1) is 0 Å². The van der Waals surface area contributed by atoms with Crippen molar-refractivity contribution in [2.24, 2.45) is 11.8 Å².